The summed E-state index contributed by atoms with van der Waals surface area (Å²) in [5, 5.41) is 0. The first-order chi connectivity index (χ1) is 5.29. The average molecular weight is 154 g/mol. The van der Waals surface area contributed by atoms with Crippen LogP contribution in [0.25, 0.3) is 0 Å². The topological polar surface area (TPSA) is 23.6 Å². The van der Waals surface area contributed by atoms with Gasteiger partial charge in [-0.05, 0) is 12.8 Å². The van der Waals surface area contributed by atoms with Gasteiger partial charge in [-0.3, -0.25) is 9.69 Å². The van der Waals surface area contributed by atoms with E-state index in [2.05, 4.69) is 4.90 Å². The molecule has 2 fully saturated rings. The van der Waals surface area contributed by atoms with Gasteiger partial charge in [-0.2, -0.15) is 0 Å². The maximum absolute atomic E-state index is 11.4. The molecule has 0 aliphatic carbocycles. The summed E-state index contributed by atoms with van der Waals surface area (Å²) in [6.45, 7) is 3.20. The van der Waals surface area contributed by atoms with Gasteiger partial charge in [-0.1, -0.05) is 0 Å². The normalized spacial score (nSPS) is 32.6. The fraction of sp³-hybridized carbons (Fsp3) is 0.875. The second kappa shape index (κ2) is 2.48. The zero-order valence-electron chi connectivity index (χ0n) is 6.92. The number of hydrogen-bond donors (Lipinski definition) is 0. The number of likely N-dealkylation sites (tertiary alicyclic amines) is 2. The Labute approximate surface area is 67.0 Å². The Kier molecular flexibility index (Phi) is 1.60. The van der Waals surface area contributed by atoms with Crippen LogP contribution in [0.1, 0.15) is 12.8 Å². The van der Waals surface area contributed by atoms with Crippen molar-refractivity contribution in [3.05, 3.63) is 0 Å². The lowest BCUT2D eigenvalue weighted by molar-refractivity contribution is -0.132. The van der Waals surface area contributed by atoms with Gasteiger partial charge in [0.25, 0.3) is 0 Å². The maximum Gasteiger partial charge on any atom is 0.239 e. The van der Waals surface area contributed by atoms with E-state index in [1.165, 1.54) is 6.42 Å². The molecular formula is C8H14N2O. The van der Waals surface area contributed by atoms with Gasteiger partial charge >= 0.3 is 0 Å². The summed E-state index contributed by atoms with van der Waals surface area (Å²) in [6.07, 6.45) is 2.31. The van der Waals surface area contributed by atoms with Gasteiger partial charge < -0.3 is 4.90 Å². The second-order valence-electron chi connectivity index (χ2n) is 3.45. The number of nitrogens with zero attached hydrogens (tertiary/aromatic N) is 2. The summed E-state index contributed by atoms with van der Waals surface area (Å²) < 4.78 is 0. The quantitative estimate of drug-likeness (QED) is 0.527. The van der Waals surface area contributed by atoms with Crippen LogP contribution in [0.4, 0.5) is 0 Å². The minimum atomic E-state index is 0.230. The third-order valence-corrected chi connectivity index (χ3v) is 2.73. The molecule has 2 heterocycles. The zero-order valence-corrected chi connectivity index (χ0v) is 6.92. The van der Waals surface area contributed by atoms with Crippen LogP contribution in [-0.4, -0.2) is 48.4 Å². The molecule has 1 atom stereocenters. The predicted molar refractivity (Wildman–Crippen MR) is 42.2 cm³/mol. The van der Waals surface area contributed by atoms with Gasteiger partial charge in [-0.15, -0.1) is 0 Å². The van der Waals surface area contributed by atoms with Crippen molar-refractivity contribution in [2.75, 3.05) is 26.7 Å². The molecule has 0 radical (unpaired) electrons. The molecule has 2 saturated heterocycles. The summed E-state index contributed by atoms with van der Waals surface area (Å²) in [5.74, 6) is 0.324. The molecular weight excluding hydrogens is 140 g/mol. The van der Waals surface area contributed by atoms with Crippen molar-refractivity contribution in [3.8, 4) is 0 Å². The minimum Gasteiger partial charge on any atom is -0.344 e. The number of carbonyl (C=O) groups is 1. The Morgan fingerprint density at radius 2 is 2.09 bits per heavy atom. The van der Waals surface area contributed by atoms with Crippen molar-refractivity contribution >= 4 is 5.91 Å². The monoisotopic (exact) mass is 154 g/mol. The largest absolute Gasteiger partial charge is 0.344 e. The first-order valence-electron chi connectivity index (χ1n) is 4.28. The van der Waals surface area contributed by atoms with Crippen LogP contribution in [0, 0.1) is 0 Å². The van der Waals surface area contributed by atoms with Gasteiger partial charge in [-0.25, -0.2) is 0 Å². The van der Waals surface area contributed by atoms with Crippen molar-refractivity contribution in [2.45, 2.75) is 18.9 Å². The highest BCUT2D eigenvalue weighted by molar-refractivity contribution is 5.83. The van der Waals surface area contributed by atoms with Crippen molar-refractivity contribution in [2.24, 2.45) is 0 Å². The number of rotatable bonds is 1. The van der Waals surface area contributed by atoms with E-state index >= 15 is 0 Å². The molecule has 0 N–H and O–H groups in total. The van der Waals surface area contributed by atoms with Gasteiger partial charge in [0, 0.05) is 26.7 Å². The standard InChI is InChI=1S/C8H14N2O/c1-9-6-3-7(8(9)11)10-4-2-5-10/h7H,2-6H2,1H3. The van der Waals surface area contributed by atoms with Crippen molar-refractivity contribution in [3.63, 3.8) is 0 Å². The fourth-order valence-corrected chi connectivity index (χ4v) is 1.80. The molecule has 0 aromatic carbocycles. The van der Waals surface area contributed by atoms with E-state index in [-0.39, 0.29) is 6.04 Å². The first kappa shape index (κ1) is 7.10. The SMILES string of the molecule is CN1CCC(N2CCC2)C1=O. The summed E-state index contributed by atoms with van der Waals surface area (Å²) in [7, 11) is 1.89. The molecule has 11 heavy (non-hydrogen) atoms. The summed E-state index contributed by atoms with van der Waals surface area (Å²) in [5.41, 5.74) is 0. The van der Waals surface area contributed by atoms with E-state index in [0.717, 1.165) is 26.1 Å². The molecule has 0 aromatic heterocycles. The highest BCUT2D eigenvalue weighted by atomic mass is 16.2. The Morgan fingerprint density at radius 3 is 2.45 bits per heavy atom. The van der Waals surface area contributed by atoms with E-state index in [1.54, 1.807) is 0 Å². The van der Waals surface area contributed by atoms with Crippen molar-refractivity contribution in [1.82, 2.24) is 9.80 Å². The summed E-state index contributed by atoms with van der Waals surface area (Å²) in [6, 6.07) is 0.230. The summed E-state index contributed by atoms with van der Waals surface area (Å²) >= 11 is 0. The van der Waals surface area contributed by atoms with Crippen LogP contribution < -0.4 is 0 Å². The minimum absolute atomic E-state index is 0.230. The molecule has 0 saturated carbocycles. The molecule has 62 valence electrons. The van der Waals surface area contributed by atoms with Crippen LogP contribution in [0.5, 0.6) is 0 Å². The molecule has 1 amide bonds. The highest BCUT2D eigenvalue weighted by Crippen LogP contribution is 2.20. The molecule has 2 aliphatic heterocycles. The molecule has 0 bridgehead atoms. The van der Waals surface area contributed by atoms with Crippen LogP contribution in [0.15, 0.2) is 0 Å². The summed E-state index contributed by atoms with van der Waals surface area (Å²) in [4.78, 5) is 15.5. The van der Waals surface area contributed by atoms with Gasteiger partial charge in [0.2, 0.25) is 5.91 Å². The lowest BCUT2D eigenvalue weighted by Gasteiger charge is -2.34. The molecule has 0 aromatic rings. The number of amides is 1. The van der Waals surface area contributed by atoms with Crippen molar-refractivity contribution in [1.29, 1.82) is 0 Å². The van der Waals surface area contributed by atoms with Crippen LogP contribution in [-0.2, 0) is 4.79 Å². The Balaban J connectivity index is 1.98. The number of carbonyl (C=O) groups excluding carboxylic acids is 1. The average Bonchev–Trinajstić information content (AvgIpc) is 2.15. The smallest absolute Gasteiger partial charge is 0.239 e. The first-order valence-corrected chi connectivity index (χ1v) is 4.28. The number of likely N-dealkylation sites (N-methyl/N-ethyl adjacent to an activating group) is 1. The van der Waals surface area contributed by atoms with Crippen LogP contribution in [0.2, 0.25) is 0 Å². The van der Waals surface area contributed by atoms with Gasteiger partial charge in [0.15, 0.2) is 0 Å². The van der Waals surface area contributed by atoms with E-state index in [0.29, 0.717) is 5.91 Å². The molecule has 2 aliphatic rings. The van der Waals surface area contributed by atoms with E-state index in [4.69, 9.17) is 0 Å². The predicted octanol–water partition coefficient (Wildman–Crippen LogP) is -0.0772. The van der Waals surface area contributed by atoms with Gasteiger partial charge in [0.05, 0.1) is 6.04 Å². The lowest BCUT2D eigenvalue weighted by atomic mass is 10.1. The zero-order chi connectivity index (χ0) is 7.84. The molecule has 3 nitrogen and oxygen atoms in total. The maximum atomic E-state index is 11.4. The Morgan fingerprint density at radius 1 is 1.36 bits per heavy atom. The van der Waals surface area contributed by atoms with E-state index in [1.807, 2.05) is 11.9 Å². The highest BCUT2D eigenvalue weighted by Gasteiger charge is 2.35. The van der Waals surface area contributed by atoms with E-state index in [9.17, 15) is 4.79 Å². The molecule has 0 spiro atoms. The van der Waals surface area contributed by atoms with E-state index < -0.39 is 0 Å². The lowest BCUT2D eigenvalue weighted by Crippen LogP contribution is -2.48. The van der Waals surface area contributed by atoms with Crippen LogP contribution >= 0.6 is 0 Å². The third kappa shape index (κ3) is 1.03. The third-order valence-electron chi connectivity index (χ3n) is 2.73. The Hall–Kier alpha value is -0.570. The van der Waals surface area contributed by atoms with Crippen LogP contribution in [0.3, 0.4) is 0 Å². The number of hydrogen-bond acceptors (Lipinski definition) is 2. The molecule has 3 heteroatoms. The second-order valence-corrected chi connectivity index (χ2v) is 3.45. The van der Waals surface area contributed by atoms with Gasteiger partial charge in [0.1, 0.15) is 0 Å². The molecule has 2 rings (SSSR count). The Bertz CT molecular complexity index is 177. The fourth-order valence-electron chi connectivity index (χ4n) is 1.80. The molecule has 1 unspecified atom stereocenters. The van der Waals surface area contributed by atoms with Crippen molar-refractivity contribution < 1.29 is 4.79 Å².